The van der Waals surface area contributed by atoms with E-state index >= 15 is 0 Å². The van der Waals surface area contributed by atoms with Gasteiger partial charge in [-0.05, 0) is 36.5 Å². The summed E-state index contributed by atoms with van der Waals surface area (Å²) in [4.78, 5) is 2.42. The van der Waals surface area contributed by atoms with Crippen molar-refractivity contribution in [3.8, 4) is 0 Å². The van der Waals surface area contributed by atoms with Crippen LogP contribution in [-0.4, -0.2) is 19.1 Å². The highest BCUT2D eigenvalue weighted by Crippen LogP contribution is 2.28. The second-order valence-corrected chi connectivity index (χ2v) is 6.30. The van der Waals surface area contributed by atoms with Crippen molar-refractivity contribution in [1.82, 2.24) is 0 Å². The number of nitrogens with two attached hydrogens (primary N) is 1. The minimum atomic E-state index is 0.301. The molecule has 0 aliphatic carbocycles. The van der Waals surface area contributed by atoms with Crippen molar-refractivity contribution in [2.75, 3.05) is 18.0 Å². The molecule has 1 aliphatic rings. The molecule has 1 heterocycles. The molecule has 2 atom stereocenters. The Hall–Kier alpha value is -0.540. The summed E-state index contributed by atoms with van der Waals surface area (Å²) in [5, 5.41) is 0. The Bertz CT molecular complexity index is 378. The first-order valence-corrected chi connectivity index (χ1v) is 7.11. The van der Waals surface area contributed by atoms with Gasteiger partial charge in [0.1, 0.15) is 0 Å². The Morgan fingerprint density at radius 2 is 2.12 bits per heavy atom. The molecule has 0 radical (unpaired) electrons. The number of benzene rings is 1. The normalized spacial score (nSPS) is 25.4. The van der Waals surface area contributed by atoms with Crippen molar-refractivity contribution in [3.05, 3.63) is 28.7 Å². The van der Waals surface area contributed by atoms with E-state index < -0.39 is 0 Å². The van der Waals surface area contributed by atoms with Gasteiger partial charge in [0, 0.05) is 29.3 Å². The lowest BCUT2D eigenvalue weighted by atomic mass is 9.85. The second-order valence-electron chi connectivity index (χ2n) is 5.38. The van der Waals surface area contributed by atoms with Crippen molar-refractivity contribution in [1.29, 1.82) is 0 Å². The molecule has 0 amide bonds. The van der Waals surface area contributed by atoms with Gasteiger partial charge in [-0.25, -0.2) is 0 Å². The zero-order valence-electron chi connectivity index (χ0n) is 10.6. The molecule has 94 valence electrons. The lowest BCUT2D eigenvalue weighted by molar-refractivity contribution is 0.298. The fourth-order valence-corrected chi connectivity index (χ4v) is 2.93. The molecule has 1 aromatic rings. The molecule has 1 saturated heterocycles. The summed E-state index contributed by atoms with van der Waals surface area (Å²) in [7, 11) is 0. The first-order valence-electron chi connectivity index (χ1n) is 6.32. The topological polar surface area (TPSA) is 29.3 Å². The maximum absolute atomic E-state index is 6.18. The summed E-state index contributed by atoms with van der Waals surface area (Å²) < 4.78 is 1.13. The number of anilines is 1. The van der Waals surface area contributed by atoms with Crippen molar-refractivity contribution in [2.24, 2.45) is 17.6 Å². The molecule has 2 rings (SSSR count). The van der Waals surface area contributed by atoms with Crippen LogP contribution in [0, 0.1) is 11.8 Å². The van der Waals surface area contributed by atoms with Gasteiger partial charge in [-0.1, -0.05) is 35.8 Å². The third-order valence-electron chi connectivity index (χ3n) is 3.63. The maximum Gasteiger partial charge on any atom is 0.0378 e. The van der Waals surface area contributed by atoms with Crippen LogP contribution in [0.3, 0.4) is 0 Å². The zero-order valence-corrected chi connectivity index (χ0v) is 12.2. The standard InChI is InChI=1S/C14H21BrN2/c1-10(2)11-6-13(16)9-17(8-11)14-5-3-4-12(15)7-14/h3-5,7,10-11,13H,6,8-9,16H2,1-2H3. The van der Waals surface area contributed by atoms with Gasteiger partial charge >= 0.3 is 0 Å². The number of nitrogens with zero attached hydrogens (tertiary/aromatic N) is 1. The Labute approximate surface area is 112 Å². The highest BCUT2D eigenvalue weighted by molar-refractivity contribution is 9.10. The summed E-state index contributed by atoms with van der Waals surface area (Å²) in [5.74, 6) is 1.41. The van der Waals surface area contributed by atoms with Crippen LogP contribution >= 0.6 is 15.9 Å². The molecule has 0 bridgehead atoms. The average Bonchev–Trinajstić information content (AvgIpc) is 2.28. The summed E-state index contributed by atoms with van der Waals surface area (Å²) in [6, 6.07) is 8.79. The number of piperidine rings is 1. The van der Waals surface area contributed by atoms with Crippen LogP contribution in [0.4, 0.5) is 5.69 Å². The molecular weight excluding hydrogens is 276 g/mol. The van der Waals surface area contributed by atoms with E-state index in [0.717, 1.165) is 24.0 Å². The second kappa shape index (κ2) is 5.40. The Kier molecular flexibility index (Phi) is 4.10. The average molecular weight is 297 g/mol. The number of halogens is 1. The summed E-state index contributed by atoms with van der Waals surface area (Å²) in [6.07, 6.45) is 1.15. The van der Waals surface area contributed by atoms with Crippen molar-refractivity contribution in [2.45, 2.75) is 26.3 Å². The third-order valence-corrected chi connectivity index (χ3v) is 4.12. The number of hydrogen-bond acceptors (Lipinski definition) is 2. The van der Waals surface area contributed by atoms with Crippen LogP contribution < -0.4 is 10.6 Å². The molecule has 1 fully saturated rings. The third kappa shape index (κ3) is 3.23. The predicted octanol–water partition coefficient (Wildman–Crippen LogP) is 3.26. The first-order chi connectivity index (χ1) is 8.06. The lowest BCUT2D eigenvalue weighted by Crippen LogP contribution is -2.48. The van der Waals surface area contributed by atoms with E-state index in [0.29, 0.717) is 17.9 Å². The van der Waals surface area contributed by atoms with Crippen molar-refractivity contribution < 1.29 is 0 Å². The highest BCUT2D eigenvalue weighted by atomic mass is 79.9. The molecular formula is C14H21BrN2. The van der Waals surface area contributed by atoms with E-state index in [2.05, 4.69) is 58.9 Å². The van der Waals surface area contributed by atoms with Gasteiger partial charge in [0.15, 0.2) is 0 Å². The SMILES string of the molecule is CC(C)C1CC(N)CN(c2cccc(Br)c2)C1. The molecule has 1 aliphatic heterocycles. The molecule has 1 aromatic carbocycles. The Morgan fingerprint density at radius 1 is 1.35 bits per heavy atom. The minimum absolute atomic E-state index is 0.301. The van der Waals surface area contributed by atoms with E-state index in [1.165, 1.54) is 5.69 Å². The zero-order chi connectivity index (χ0) is 12.4. The molecule has 2 N–H and O–H groups in total. The highest BCUT2D eigenvalue weighted by Gasteiger charge is 2.27. The Morgan fingerprint density at radius 3 is 2.76 bits per heavy atom. The van der Waals surface area contributed by atoms with Crippen LogP contribution in [0.2, 0.25) is 0 Å². The van der Waals surface area contributed by atoms with Crippen LogP contribution in [0.5, 0.6) is 0 Å². The predicted molar refractivity (Wildman–Crippen MR) is 77.3 cm³/mol. The van der Waals surface area contributed by atoms with Gasteiger partial charge in [0.2, 0.25) is 0 Å². The molecule has 3 heteroatoms. The van der Waals surface area contributed by atoms with Crippen molar-refractivity contribution >= 4 is 21.6 Å². The van der Waals surface area contributed by atoms with Gasteiger partial charge in [0.25, 0.3) is 0 Å². The smallest absolute Gasteiger partial charge is 0.0378 e. The van der Waals surface area contributed by atoms with Gasteiger partial charge in [0.05, 0.1) is 0 Å². The van der Waals surface area contributed by atoms with E-state index in [1.807, 2.05) is 0 Å². The number of rotatable bonds is 2. The number of hydrogen-bond donors (Lipinski definition) is 1. The van der Waals surface area contributed by atoms with Gasteiger partial charge in [-0.15, -0.1) is 0 Å². The Balaban J connectivity index is 2.15. The largest absolute Gasteiger partial charge is 0.370 e. The monoisotopic (exact) mass is 296 g/mol. The van der Waals surface area contributed by atoms with Crippen LogP contribution in [-0.2, 0) is 0 Å². The molecule has 0 aromatic heterocycles. The van der Waals surface area contributed by atoms with E-state index in [9.17, 15) is 0 Å². The molecule has 17 heavy (non-hydrogen) atoms. The summed E-state index contributed by atoms with van der Waals surface area (Å²) in [5.41, 5.74) is 7.45. The van der Waals surface area contributed by atoms with Gasteiger partial charge < -0.3 is 10.6 Å². The first kappa shape index (κ1) is 12.9. The minimum Gasteiger partial charge on any atom is -0.370 e. The van der Waals surface area contributed by atoms with Gasteiger partial charge in [-0.3, -0.25) is 0 Å². The molecule has 2 nitrogen and oxygen atoms in total. The van der Waals surface area contributed by atoms with E-state index in [4.69, 9.17) is 5.73 Å². The van der Waals surface area contributed by atoms with Crippen LogP contribution in [0.15, 0.2) is 28.7 Å². The summed E-state index contributed by atoms with van der Waals surface area (Å²) >= 11 is 3.53. The maximum atomic E-state index is 6.18. The molecule has 0 saturated carbocycles. The van der Waals surface area contributed by atoms with Gasteiger partial charge in [-0.2, -0.15) is 0 Å². The summed E-state index contributed by atoms with van der Waals surface area (Å²) in [6.45, 7) is 6.69. The van der Waals surface area contributed by atoms with E-state index in [1.54, 1.807) is 0 Å². The lowest BCUT2D eigenvalue weighted by Gasteiger charge is -2.39. The van der Waals surface area contributed by atoms with Crippen molar-refractivity contribution in [3.63, 3.8) is 0 Å². The quantitative estimate of drug-likeness (QED) is 0.908. The fraction of sp³-hybridized carbons (Fsp3) is 0.571. The fourth-order valence-electron chi connectivity index (χ4n) is 2.55. The molecule has 0 spiro atoms. The van der Waals surface area contributed by atoms with Crippen LogP contribution in [0.25, 0.3) is 0 Å². The molecule has 2 unspecified atom stereocenters. The van der Waals surface area contributed by atoms with E-state index in [-0.39, 0.29) is 0 Å². The van der Waals surface area contributed by atoms with Crippen LogP contribution in [0.1, 0.15) is 20.3 Å².